The fourth-order valence-corrected chi connectivity index (χ4v) is 2.87. The summed E-state index contributed by atoms with van der Waals surface area (Å²) in [4.78, 5) is 16.4. The van der Waals surface area contributed by atoms with Crippen molar-refractivity contribution in [3.8, 4) is 0 Å². The van der Waals surface area contributed by atoms with Gasteiger partial charge in [0, 0.05) is 31.5 Å². The molecule has 0 bridgehead atoms. The zero-order valence-electron chi connectivity index (χ0n) is 13.8. The Labute approximate surface area is 140 Å². The quantitative estimate of drug-likeness (QED) is 0.724. The number of aromatic nitrogens is 2. The smallest absolute Gasteiger partial charge is 0.287 e. The summed E-state index contributed by atoms with van der Waals surface area (Å²) >= 11 is 1.56. The molecule has 0 aliphatic heterocycles. The Morgan fingerprint density at radius 3 is 2.78 bits per heavy atom. The van der Waals surface area contributed by atoms with E-state index in [2.05, 4.69) is 10.3 Å². The minimum atomic E-state index is -0.362. The molecule has 0 aliphatic rings. The fraction of sp³-hybridized carbons (Fsp3) is 0.500. The van der Waals surface area contributed by atoms with E-state index in [1.165, 1.54) is 0 Å². The molecule has 0 spiro atoms. The average Bonchev–Trinajstić information content (AvgIpc) is 3.19. The van der Waals surface area contributed by atoms with E-state index in [0.717, 1.165) is 23.8 Å². The van der Waals surface area contributed by atoms with Crippen molar-refractivity contribution in [2.24, 2.45) is 12.8 Å². The number of aryl methyl sites for hydroxylation is 1. The largest absolute Gasteiger partial charge is 0.455 e. The average molecular weight is 336 g/mol. The molecule has 0 saturated heterocycles. The van der Waals surface area contributed by atoms with E-state index in [0.29, 0.717) is 18.1 Å². The number of rotatable bonds is 8. The molecule has 6 nitrogen and oxygen atoms in total. The Bertz CT molecular complexity index is 646. The summed E-state index contributed by atoms with van der Waals surface area (Å²) in [7, 11) is 1.94. The van der Waals surface area contributed by atoms with Crippen LogP contribution < -0.4 is 11.1 Å². The maximum absolute atomic E-state index is 12.1. The highest BCUT2D eigenvalue weighted by Gasteiger charge is 2.22. The van der Waals surface area contributed by atoms with Gasteiger partial charge in [-0.3, -0.25) is 4.79 Å². The molecule has 1 amide bonds. The van der Waals surface area contributed by atoms with E-state index in [9.17, 15) is 4.79 Å². The fourth-order valence-electron chi connectivity index (χ4n) is 2.05. The van der Waals surface area contributed by atoms with Crippen molar-refractivity contribution >= 4 is 17.7 Å². The lowest BCUT2D eigenvalue weighted by Crippen LogP contribution is -2.49. The molecule has 2 rings (SSSR count). The van der Waals surface area contributed by atoms with Crippen molar-refractivity contribution in [1.82, 2.24) is 14.9 Å². The molecule has 3 N–H and O–H groups in total. The third-order valence-corrected chi connectivity index (χ3v) is 5.10. The summed E-state index contributed by atoms with van der Waals surface area (Å²) < 4.78 is 7.55. The Hall–Kier alpha value is -1.73. The summed E-state index contributed by atoms with van der Waals surface area (Å²) in [6.45, 7) is 4.49. The molecule has 2 heterocycles. The van der Waals surface area contributed by atoms with Crippen LogP contribution >= 0.6 is 11.8 Å². The number of furan rings is 1. The van der Waals surface area contributed by atoms with Gasteiger partial charge < -0.3 is 20.0 Å². The summed E-state index contributed by atoms with van der Waals surface area (Å²) in [6.07, 6.45) is 5.27. The molecule has 0 aromatic carbocycles. The van der Waals surface area contributed by atoms with Crippen LogP contribution in [0, 0.1) is 0 Å². The minimum Gasteiger partial charge on any atom is -0.455 e. The van der Waals surface area contributed by atoms with Gasteiger partial charge in [0.1, 0.15) is 5.76 Å². The van der Waals surface area contributed by atoms with Gasteiger partial charge in [-0.15, -0.1) is 0 Å². The van der Waals surface area contributed by atoms with Crippen LogP contribution in [0.5, 0.6) is 0 Å². The summed E-state index contributed by atoms with van der Waals surface area (Å²) in [6, 6.07) is 3.51. The van der Waals surface area contributed by atoms with Crippen LogP contribution in [0.25, 0.3) is 0 Å². The topological polar surface area (TPSA) is 86.1 Å². The first-order chi connectivity index (χ1) is 11.0. The maximum atomic E-state index is 12.1. The van der Waals surface area contributed by atoms with E-state index in [4.69, 9.17) is 10.2 Å². The predicted molar refractivity (Wildman–Crippen MR) is 91.3 cm³/mol. The van der Waals surface area contributed by atoms with Gasteiger partial charge >= 0.3 is 0 Å². The molecule has 2 aromatic rings. The first-order valence-electron chi connectivity index (χ1n) is 7.73. The van der Waals surface area contributed by atoms with Crippen LogP contribution in [0.1, 0.15) is 43.0 Å². The second-order valence-corrected chi connectivity index (χ2v) is 6.57. The van der Waals surface area contributed by atoms with Crippen LogP contribution in [0.3, 0.4) is 0 Å². The number of carbonyl (C=O) groups excluding carboxylic acids is 1. The summed E-state index contributed by atoms with van der Waals surface area (Å²) in [5.41, 5.74) is 5.82. The highest BCUT2D eigenvalue weighted by molar-refractivity contribution is 7.98. The second-order valence-electron chi connectivity index (χ2n) is 5.63. The van der Waals surface area contributed by atoms with Gasteiger partial charge in [-0.2, -0.15) is 0 Å². The van der Waals surface area contributed by atoms with E-state index in [1.54, 1.807) is 24.0 Å². The number of imidazole rings is 1. The molecule has 0 radical (unpaired) electrons. The standard InChI is InChI=1S/C16H24N4O2S/c1-4-16(17,5-2)11-19-14(21)13-7-6-12(22-13)10-23-15-18-8-9-20(15)3/h6-9H,4-5,10-11,17H2,1-3H3,(H,19,21). The van der Waals surface area contributed by atoms with Crippen molar-refractivity contribution in [3.63, 3.8) is 0 Å². The van der Waals surface area contributed by atoms with Crippen molar-refractivity contribution in [1.29, 1.82) is 0 Å². The van der Waals surface area contributed by atoms with Gasteiger partial charge in [0.05, 0.1) is 5.75 Å². The van der Waals surface area contributed by atoms with E-state index < -0.39 is 0 Å². The van der Waals surface area contributed by atoms with E-state index in [1.807, 2.05) is 37.7 Å². The number of nitrogens with zero attached hydrogens (tertiary/aromatic N) is 2. The van der Waals surface area contributed by atoms with Crippen LogP contribution in [0.2, 0.25) is 0 Å². The number of nitrogens with one attached hydrogen (secondary N) is 1. The molecule has 0 unspecified atom stereocenters. The van der Waals surface area contributed by atoms with Gasteiger partial charge in [-0.1, -0.05) is 25.6 Å². The zero-order valence-corrected chi connectivity index (χ0v) is 14.7. The summed E-state index contributed by atoms with van der Waals surface area (Å²) in [5.74, 6) is 1.46. The predicted octanol–water partition coefficient (Wildman–Crippen LogP) is 2.55. The van der Waals surface area contributed by atoms with Crippen LogP contribution in [-0.2, 0) is 12.8 Å². The Balaban J connectivity index is 1.88. The third kappa shape index (κ3) is 4.62. The van der Waals surface area contributed by atoms with Gasteiger partial charge in [-0.05, 0) is 25.0 Å². The molecule has 0 fully saturated rings. The van der Waals surface area contributed by atoms with Crippen LogP contribution in [-0.4, -0.2) is 27.5 Å². The van der Waals surface area contributed by atoms with E-state index in [-0.39, 0.29) is 11.4 Å². The number of nitrogens with two attached hydrogens (primary N) is 1. The van der Waals surface area contributed by atoms with Crippen LogP contribution in [0.4, 0.5) is 0 Å². The van der Waals surface area contributed by atoms with Gasteiger partial charge in [0.2, 0.25) is 0 Å². The van der Waals surface area contributed by atoms with Crippen molar-refractivity contribution in [3.05, 3.63) is 36.0 Å². The molecule has 2 aromatic heterocycles. The van der Waals surface area contributed by atoms with Gasteiger partial charge in [0.25, 0.3) is 5.91 Å². The molecule has 7 heteroatoms. The Kier molecular flexibility index (Phi) is 5.90. The Morgan fingerprint density at radius 2 is 2.17 bits per heavy atom. The number of carbonyl (C=O) groups is 1. The minimum absolute atomic E-state index is 0.227. The molecular formula is C16H24N4O2S. The lowest BCUT2D eigenvalue weighted by atomic mass is 9.94. The SMILES string of the molecule is CCC(N)(CC)CNC(=O)c1ccc(CSc2nccn2C)o1. The van der Waals surface area contributed by atoms with Crippen molar-refractivity contribution in [2.45, 2.75) is 43.1 Å². The number of amides is 1. The first-order valence-corrected chi connectivity index (χ1v) is 8.72. The maximum Gasteiger partial charge on any atom is 0.287 e. The lowest BCUT2D eigenvalue weighted by molar-refractivity contribution is 0.0913. The molecule has 0 atom stereocenters. The van der Waals surface area contributed by atoms with E-state index >= 15 is 0 Å². The number of hydrogen-bond acceptors (Lipinski definition) is 5. The molecule has 0 saturated carbocycles. The first kappa shape index (κ1) is 17.6. The normalized spacial score (nSPS) is 11.7. The molecule has 0 aliphatic carbocycles. The number of hydrogen-bond donors (Lipinski definition) is 2. The molecule has 23 heavy (non-hydrogen) atoms. The Morgan fingerprint density at radius 1 is 1.43 bits per heavy atom. The number of thioether (sulfide) groups is 1. The summed E-state index contributed by atoms with van der Waals surface area (Å²) in [5, 5.41) is 3.76. The monoisotopic (exact) mass is 336 g/mol. The molecule has 126 valence electrons. The highest BCUT2D eigenvalue weighted by Crippen LogP contribution is 2.22. The highest BCUT2D eigenvalue weighted by atomic mass is 32.2. The van der Waals surface area contributed by atoms with Gasteiger partial charge in [-0.25, -0.2) is 4.98 Å². The van der Waals surface area contributed by atoms with Crippen LogP contribution in [0.15, 0.2) is 34.1 Å². The van der Waals surface area contributed by atoms with Gasteiger partial charge in [0.15, 0.2) is 10.9 Å². The zero-order chi connectivity index (χ0) is 16.9. The third-order valence-electron chi connectivity index (χ3n) is 4.02. The second kappa shape index (κ2) is 7.70. The molecular weight excluding hydrogens is 312 g/mol. The van der Waals surface area contributed by atoms with Crippen molar-refractivity contribution in [2.75, 3.05) is 6.54 Å². The lowest BCUT2D eigenvalue weighted by Gasteiger charge is -2.26. The van der Waals surface area contributed by atoms with Crippen molar-refractivity contribution < 1.29 is 9.21 Å².